The van der Waals surface area contributed by atoms with Crippen LogP contribution in [0.3, 0.4) is 0 Å². The van der Waals surface area contributed by atoms with Crippen molar-refractivity contribution in [2.75, 3.05) is 0 Å². The number of nitrogens with zero attached hydrogens (tertiary/aromatic N) is 1. The summed E-state index contributed by atoms with van der Waals surface area (Å²) in [6, 6.07) is -1.41. The van der Waals surface area contributed by atoms with Crippen LogP contribution in [-0.4, -0.2) is 46.1 Å². The van der Waals surface area contributed by atoms with Gasteiger partial charge in [0.25, 0.3) is 0 Å². The maximum atomic E-state index is 11.8. The molecule has 0 aliphatic carbocycles. The highest BCUT2D eigenvalue weighted by Gasteiger charge is 2.34. The van der Waals surface area contributed by atoms with Gasteiger partial charge in [0.1, 0.15) is 5.60 Å². The molecule has 0 bridgehead atoms. The van der Waals surface area contributed by atoms with Gasteiger partial charge >= 0.3 is 18.2 Å². The number of rotatable bonds is 3. The van der Waals surface area contributed by atoms with E-state index >= 15 is 0 Å². The minimum atomic E-state index is -1.41. The molecule has 0 aliphatic rings. The third-order valence-electron chi connectivity index (χ3n) is 1.79. The topological polar surface area (TPSA) is 102 Å². The minimum absolute atomic E-state index is 0.332. The van der Waals surface area contributed by atoms with E-state index in [2.05, 4.69) is 9.57 Å². The third kappa shape index (κ3) is 6.81. The second-order valence-electron chi connectivity index (χ2n) is 5.33. The molecular weight excluding hydrogens is 270 g/mol. The molecule has 20 heavy (non-hydrogen) atoms. The predicted octanol–water partition coefficient (Wildman–Crippen LogP) is 2.17. The second kappa shape index (κ2) is 6.97. The van der Waals surface area contributed by atoms with E-state index in [-0.39, 0.29) is 0 Å². The summed E-state index contributed by atoms with van der Waals surface area (Å²) in [5.41, 5.74) is -0.862. The number of carbonyl (C=O) groups is 3. The van der Waals surface area contributed by atoms with E-state index in [0.29, 0.717) is 5.06 Å². The standard InChI is InChI=1S/C12H21NO7/c1-7(2)18-11(17)20-13(8(3)9(14)15)10(16)19-12(4,5)6/h7-8H,1-6H3,(H,14,15)/t8-/m0/s1. The van der Waals surface area contributed by atoms with Crippen LogP contribution in [0.25, 0.3) is 0 Å². The molecule has 0 saturated carbocycles. The Morgan fingerprint density at radius 2 is 1.60 bits per heavy atom. The van der Waals surface area contributed by atoms with Crippen LogP contribution in [0, 0.1) is 0 Å². The van der Waals surface area contributed by atoms with E-state index in [9.17, 15) is 14.4 Å². The Kier molecular flexibility index (Phi) is 6.28. The number of aliphatic carboxylic acids is 1. The van der Waals surface area contributed by atoms with E-state index in [0.717, 1.165) is 0 Å². The summed E-state index contributed by atoms with van der Waals surface area (Å²) >= 11 is 0. The number of carboxylic acid groups (broad SMARTS) is 1. The SMILES string of the molecule is CC(C)OC(=O)ON(C(=O)OC(C)(C)C)[C@@H](C)C(=O)O. The van der Waals surface area contributed by atoms with Gasteiger partial charge in [0.2, 0.25) is 0 Å². The zero-order chi connectivity index (χ0) is 16.1. The first-order chi connectivity index (χ1) is 8.94. The molecule has 0 aliphatic heterocycles. The minimum Gasteiger partial charge on any atom is -0.480 e. The van der Waals surface area contributed by atoms with Crippen LogP contribution in [0.5, 0.6) is 0 Å². The first-order valence-corrected chi connectivity index (χ1v) is 6.07. The van der Waals surface area contributed by atoms with Gasteiger partial charge in [-0.3, -0.25) is 4.84 Å². The van der Waals surface area contributed by atoms with Crippen molar-refractivity contribution in [3.8, 4) is 0 Å². The molecule has 8 nitrogen and oxygen atoms in total. The van der Waals surface area contributed by atoms with E-state index in [4.69, 9.17) is 9.84 Å². The largest absolute Gasteiger partial charge is 0.533 e. The van der Waals surface area contributed by atoms with Crippen molar-refractivity contribution in [1.29, 1.82) is 0 Å². The Hall–Kier alpha value is -1.99. The molecule has 0 aromatic rings. The molecule has 0 spiro atoms. The Morgan fingerprint density at radius 3 is 1.95 bits per heavy atom. The van der Waals surface area contributed by atoms with Gasteiger partial charge in [0.05, 0.1) is 6.10 Å². The van der Waals surface area contributed by atoms with E-state index in [1.165, 1.54) is 6.92 Å². The second-order valence-corrected chi connectivity index (χ2v) is 5.33. The number of hydrogen-bond acceptors (Lipinski definition) is 6. The van der Waals surface area contributed by atoms with Crippen molar-refractivity contribution >= 4 is 18.2 Å². The lowest BCUT2D eigenvalue weighted by Gasteiger charge is -2.27. The van der Waals surface area contributed by atoms with Gasteiger partial charge in [0.15, 0.2) is 6.04 Å². The Morgan fingerprint density at radius 1 is 1.10 bits per heavy atom. The average Bonchev–Trinajstić information content (AvgIpc) is 2.21. The van der Waals surface area contributed by atoms with Gasteiger partial charge in [-0.05, 0) is 41.5 Å². The normalized spacial score (nSPS) is 12.6. The smallest absolute Gasteiger partial charge is 0.480 e. The third-order valence-corrected chi connectivity index (χ3v) is 1.79. The van der Waals surface area contributed by atoms with Crippen molar-refractivity contribution in [2.24, 2.45) is 0 Å². The predicted molar refractivity (Wildman–Crippen MR) is 67.9 cm³/mol. The lowest BCUT2D eigenvalue weighted by Crippen LogP contribution is -2.47. The van der Waals surface area contributed by atoms with Crippen molar-refractivity contribution in [2.45, 2.75) is 59.3 Å². The average molecular weight is 291 g/mol. The van der Waals surface area contributed by atoms with Crippen molar-refractivity contribution in [3.05, 3.63) is 0 Å². The fraction of sp³-hybridized carbons (Fsp3) is 0.750. The maximum Gasteiger partial charge on any atom is 0.533 e. The summed E-state index contributed by atoms with van der Waals surface area (Å²) in [7, 11) is 0. The van der Waals surface area contributed by atoms with Gasteiger partial charge in [0, 0.05) is 0 Å². The Bertz CT molecular complexity index is 372. The van der Waals surface area contributed by atoms with E-state index in [1.807, 2.05) is 0 Å². The lowest BCUT2D eigenvalue weighted by atomic mass is 10.2. The number of hydroxylamine groups is 2. The monoisotopic (exact) mass is 291 g/mol. The number of hydrogen-bond donors (Lipinski definition) is 1. The van der Waals surface area contributed by atoms with Crippen LogP contribution < -0.4 is 0 Å². The van der Waals surface area contributed by atoms with Crippen molar-refractivity contribution in [1.82, 2.24) is 5.06 Å². The van der Waals surface area contributed by atoms with Crippen LogP contribution in [0.4, 0.5) is 9.59 Å². The molecule has 0 unspecified atom stereocenters. The molecular formula is C12H21NO7. The molecule has 0 radical (unpaired) electrons. The molecule has 116 valence electrons. The van der Waals surface area contributed by atoms with Gasteiger partial charge < -0.3 is 14.6 Å². The molecule has 0 heterocycles. The summed E-state index contributed by atoms with van der Waals surface area (Å²) < 4.78 is 9.66. The summed E-state index contributed by atoms with van der Waals surface area (Å²) in [6.07, 6.45) is -2.74. The summed E-state index contributed by atoms with van der Waals surface area (Å²) in [5.74, 6) is -1.35. The van der Waals surface area contributed by atoms with Crippen LogP contribution in [0.2, 0.25) is 0 Å². The number of ether oxygens (including phenoxy) is 2. The van der Waals surface area contributed by atoms with Crippen LogP contribution in [0.15, 0.2) is 0 Å². The number of amides is 1. The van der Waals surface area contributed by atoms with Crippen molar-refractivity contribution in [3.63, 3.8) is 0 Å². The highest BCUT2D eigenvalue weighted by Crippen LogP contribution is 2.13. The van der Waals surface area contributed by atoms with Crippen LogP contribution in [-0.2, 0) is 19.1 Å². The van der Waals surface area contributed by atoms with Crippen LogP contribution >= 0.6 is 0 Å². The molecule has 0 aromatic heterocycles. The zero-order valence-corrected chi connectivity index (χ0v) is 12.5. The molecule has 0 rings (SSSR count). The molecule has 1 atom stereocenters. The maximum absolute atomic E-state index is 11.8. The fourth-order valence-corrected chi connectivity index (χ4v) is 0.976. The zero-order valence-electron chi connectivity index (χ0n) is 12.5. The van der Waals surface area contributed by atoms with Crippen molar-refractivity contribution < 1.29 is 33.8 Å². The number of carbonyl (C=O) groups excluding carboxylic acids is 2. The molecule has 0 fully saturated rings. The fourth-order valence-electron chi connectivity index (χ4n) is 0.976. The molecule has 0 saturated heterocycles. The molecule has 8 heteroatoms. The van der Waals surface area contributed by atoms with Gasteiger partial charge in [-0.25, -0.2) is 14.4 Å². The van der Waals surface area contributed by atoms with E-state index < -0.39 is 36.0 Å². The molecule has 0 aromatic carbocycles. The Balaban J connectivity index is 4.95. The van der Waals surface area contributed by atoms with Gasteiger partial charge in [-0.15, -0.1) is 5.06 Å². The highest BCUT2D eigenvalue weighted by atomic mass is 16.8. The van der Waals surface area contributed by atoms with E-state index in [1.54, 1.807) is 34.6 Å². The molecule has 1 amide bonds. The Labute approximate surface area is 117 Å². The summed E-state index contributed by atoms with van der Waals surface area (Å²) in [4.78, 5) is 38.7. The van der Waals surface area contributed by atoms with Gasteiger partial charge in [-0.1, -0.05) is 0 Å². The molecule has 1 N–H and O–H groups in total. The lowest BCUT2D eigenvalue weighted by molar-refractivity contribution is -0.170. The summed E-state index contributed by atoms with van der Waals surface area (Å²) in [5, 5.41) is 9.24. The van der Waals surface area contributed by atoms with Crippen LogP contribution in [0.1, 0.15) is 41.5 Å². The number of carboxylic acids is 1. The first kappa shape index (κ1) is 18.0. The first-order valence-electron chi connectivity index (χ1n) is 6.07. The highest BCUT2D eigenvalue weighted by molar-refractivity contribution is 5.80. The summed E-state index contributed by atoms with van der Waals surface area (Å²) in [6.45, 7) is 9.14. The quantitative estimate of drug-likeness (QED) is 0.627. The van der Waals surface area contributed by atoms with Gasteiger partial charge in [-0.2, -0.15) is 0 Å².